The van der Waals surface area contributed by atoms with Crippen LogP contribution in [0.2, 0.25) is 0 Å². The minimum Gasteiger partial charge on any atom is -0.496 e. The van der Waals surface area contributed by atoms with Gasteiger partial charge in [-0.25, -0.2) is 4.79 Å². The molecule has 6 heteroatoms. The molecule has 1 aromatic rings. The zero-order valence-corrected chi connectivity index (χ0v) is 15.3. The van der Waals surface area contributed by atoms with Gasteiger partial charge in [0.05, 0.1) is 24.8 Å². The lowest BCUT2D eigenvalue weighted by Crippen LogP contribution is -2.15. The van der Waals surface area contributed by atoms with Crippen molar-refractivity contribution in [1.29, 1.82) is 0 Å². The van der Waals surface area contributed by atoms with Crippen LogP contribution in [0.5, 0.6) is 5.75 Å². The average Bonchev–Trinajstić information content (AvgIpc) is 2.99. The van der Waals surface area contributed by atoms with E-state index >= 15 is 0 Å². The molecule has 0 saturated heterocycles. The Kier molecular flexibility index (Phi) is 5.20. The molecule has 0 spiro atoms. The summed E-state index contributed by atoms with van der Waals surface area (Å²) in [6.07, 6.45) is 6.70. The Morgan fingerprint density at radius 2 is 2.19 bits per heavy atom. The number of hydrogen-bond acceptors (Lipinski definition) is 5. The van der Waals surface area contributed by atoms with Gasteiger partial charge in [-0.1, -0.05) is 18.1 Å². The predicted molar refractivity (Wildman–Crippen MR) is 97.3 cm³/mol. The number of carboxylic acids is 1. The smallest absolute Gasteiger partial charge is 0.341 e. The number of cyclic esters (lactones) is 1. The van der Waals surface area contributed by atoms with Crippen LogP contribution in [-0.2, 0) is 22.6 Å². The Hall–Kier alpha value is -2.50. The molecule has 3 rings (SSSR count). The summed E-state index contributed by atoms with van der Waals surface area (Å²) in [4.78, 5) is 23.2. The summed E-state index contributed by atoms with van der Waals surface area (Å²) < 4.78 is 10.7. The Morgan fingerprint density at radius 1 is 1.42 bits per heavy atom. The van der Waals surface area contributed by atoms with E-state index in [0.717, 1.165) is 42.4 Å². The standard InChI is InChI=1S/C20H25NO5/c1-11-15-10-26-20(24)17(15)18(21)14(19(11)25-2)8-7-12-5-3-4-6-13(12)9-16(22)23/h7,13H,3-6,8-10,21H2,1-2H3,(H,22,23)/b12-7+/t13-/m0/s1. The normalized spacial score (nSPS) is 20.8. The highest BCUT2D eigenvalue weighted by Crippen LogP contribution is 2.40. The molecule has 1 aliphatic heterocycles. The quantitative estimate of drug-likeness (QED) is 0.475. The number of nitrogens with two attached hydrogens (primary N) is 1. The van der Waals surface area contributed by atoms with Crippen LogP contribution in [-0.4, -0.2) is 24.2 Å². The monoisotopic (exact) mass is 359 g/mol. The van der Waals surface area contributed by atoms with Crippen LogP contribution in [0.25, 0.3) is 0 Å². The highest BCUT2D eigenvalue weighted by atomic mass is 16.5. The molecule has 1 aromatic carbocycles. The maximum Gasteiger partial charge on any atom is 0.341 e. The van der Waals surface area contributed by atoms with Crippen molar-refractivity contribution in [3.63, 3.8) is 0 Å². The number of carbonyl (C=O) groups excluding carboxylic acids is 1. The number of nitrogen functional groups attached to an aromatic ring is 1. The highest BCUT2D eigenvalue weighted by molar-refractivity contribution is 6.00. The fourth-order valence-electron chi connectivity index (χ4n) is 4.14. The number of anilines is 1. The molecule has 2 aliphatic rings. The first kappa shape index (κ1) is 18.3. The molecule has 0 bridgehead atoms. The molecule has 26 heavy (non-hydrogen) atoms. The van der Waals surface area contributed by atoms with E-state index in [9.17, 15) is 9.59 Å². The third-order valence-corrected chi connectivity index (χ3v) is 5.50. The maximum absolute atomic E-state index is 12.0. The predicted octanol–water partition coefficient (Wildman–Crippen LogP) is 3.39. The van der Waals surface area contributed by atoms with Crippen molar-refractivity contribution in [3.8, 4) is 5.75 Å². The number of carboxylic acid groups (broad SMARTS) is 1. The molecule has 0 unspecified atom stereocenters. The number of esters is 1. The number of methoxy groups -OCH3 is 1. The van der Waals surface area contributed by atoms with Crippen molar-refractivity contribution in [2.45, 2.75) is 52.1 Å². The third-order valence-electron chi connectivity index (χ3n) is 5.50. The summed E-state index contributed by atoms with van der Waals surface area (Å²) in [6.45, 7) is 2.13. The van der Waals surface area contributed by atoms with Crippen LogP contribution < -0.4 is 10.5 Å². The second kappa shape index (κ2) is 7.40. The number of fused-ring (bicyclic) bond motifs is 1. The van der Waals surface area contributed by atoms with E-state index in [4.69, 9.17) is 20.3 Å². The first-order valence-corrected chi connectivity index (χ1v) is 8.99. The molecule has 3 N–H and O–H groups in total. The Labute approximate surface area is 153 Å². The second-order valence-electron chi connectivity index (χ2n) is 7.00. The minimum absolute atomic E-state index is 0.0777. The Morgan fingerprint density at radius 3 is 2.88 bits per heavy atom. The molecule has 6 nitrogen and oxygen atoms in total. The lowest BCUT2D eigenvalue weighted by Gasteiger charge is -2.24. The lowest BCUT2D eigenvalue weighted by atomic mass is 9.81. The second-order valence-corrected chi connectivity index (χ2v) is 7.00. The van der Waals surface area contributed by atoms with Crippen molar-refractivity contribution in [2.24, 2.45) is 5.92 Å². The lowest BCUT2D eigenvalue weighted by molar-refractivity contribution is -0.137. The topological polar surface area (TPSA) is 98.9 Å². The van der Waals surface area contributed by atoms with Gasteiger partial charge in [0.2, 0.25) is 0 Å². The molecule has 1 atom stereocenters. The Bertz CT molecular complexity index is 781. The number of hydrogen-bond donors (Lipinski definition) is 2. The molecule has 1 heterocycles. The van der Waals surface area contributed by atoms with Gasteiger partial charge in [-0.2, -0.15) is 0 Å². The molecule has 1 saturated carbocycles. The van der Waals surface area contributed by atoms with E-state index in [1.54, 1.807) is 7.11 Å². The minimum atomic E-state index is -0.768. The van der Waals surface area contributed by atoms with Gasteiger partial charge in [-0.3, -0.25) is 4.79 Å². The summed E-state index contributed by atoms with van der Waals surface area (Å²) in [7, 11) is 1.59. The number of ether oxygens (including phenoxy) is 2. The van der Waals surface area contributed by atoms with E-state index in [1.165, 1.54) is 5.57 Å². The summed E-state index contributed by atoms with van der Waals surface area (Å²) >= 11 is 0. The van der Waals surface area contributed by atoms with Crippen molar-refractivity contribution >= 4 is 17.6 Å². The molecule has 1 fully saturated rings. The van der Waals surface area contributed by atoms with Gasteiger partial charge >= 0.3 is 11.9 Å². The Balaban J connectivity index is 1.96. The third kappa shape index (κ3) is 3.28. The van der Waals surface area contributed by atoms with Crippen LogP contribution in [0.15, 0.2) is 11.6 Å². The highest BCUT2D eigenvalue weighted by Gasteiger charge is 2.31. The van der Waals surface area contributed by atoms with Gasteiger partial charge < -0.3 is 20.3 Å². The van der Waals surface area contributed by atoms with Crippen LogP contribution in [0.3, 0.4) is 0 Å². The molecule has 0 aromatic heterocycles. The molecule has 1 aliphatic carbocycles. The number of carbonyl (C=O) groups is 2. The van der Waals surface area contributed by atoms with Gasteiger partial charge in [0.25, 0.3) is 0 Å². The summed E-state index contributed by atoms with van der Waals surface area (Å²) in [5, 5.41) is 9.15. The van der Waals surface area contributed by atoms with Crippen molar-refractivity contribution in [1.82, 2.24) is 0 Å². The van der Waals surface area contributed by atoms with Gasteiger partial charge in [0.15, 0.2) is 0 Å². The van der Waals surface area contributed by atoms with Gasteiger partial charge in [-0.15, -0.1) is 0 Å². The van der Waals surface area contributed by atoms with Gasteiger partial charge in [0.1, 0.15) is 12.4 Å². The van der Waals surface area contributed by atoms with E-state index in [0.29, 0.717) is 23.4 Å². The van der Waals surface area contributed by atoms with Crippen molar-refractivity contribution < 1.29 is 24.2 Å². The van der Waals surface area contributed by atoms with E-state index in [1.807, 2.05) is 6.92 Å². The van der Waals surface area contributed by atoms with Crippen LogP contribution in [0.4, 0.5) is 5.69 Å². The zero-order valence-electron chi connectivity index (χ0n) is 15.3. The average molecular weight is 359 g/mol. The molecule has 0 radical (unpaired) electrons. The zero-order chi connectivity index (χ0) is 18.8. The molecule has 140 valence electrons. The fraction of sp³-hybridized carbons (Fsp3) is 0.500. The maximum atomic E-state index is 12.0. The van der Waals surface area contributed by atoms with E-state index < -0.39 is 11.9 Å². The van der Waals surface area contributed by atoms with E-state index in [-0.39, 0.29) is 18.9 Å². The van der Waals surface area contributed by atoms with Crippen LogP contribution in [0.1, 0.15) is 59.2 Å². The largest absolute Gasteiger partial charge is 0.496 e. The SMILES string of the molecule is COc1c(C)c2c(c(N)c1C/C=C1\CCCC[C@H]1CC(=O)O)C(=O)OC2. The number of benzene rings is 1. The molecular formula is C20H25NO5. The van der Waals surface area contributed by atoms with E-state index in [2.05, 4.69) is 6.08 Å². The number of aliphatic carboxylic acids is 1. The number of allylic oxidation sites excluding steroid dienone is 2. The van der Waals surface area contributed by atoms with Crippen molar-refractivity contribution in [2.75, 3.05) is 12.8 Å². The molecular weight excluding hydrogens is 334 g/mol. The van der Waals surface area contributed by atoms with Crippen LogP contribution in [0, 0.1) is 12.8 Å². The van der Waals surface area contributed by atoms with Gasteiger partial charge in [0, 0.05) is 11.1 Å². The first-order chi connectivity index (χ1) is 12.4. The fourth-order valence-corrected chi connectivity index (χ4v) is 4.14. The summed E-state index contributed by atoms with van der Waals surface area (Å²) in [5.74, 6) is -0.398. The molecule has 0 amide bonds. The van der Waals surface area contributed by atoms with Crippen molar-refractivity contribution in [3.05, 3.63) is 33.9 Å². The van der Waals surface area contributed by atoms with Gasteiger partial charge in [-0.05, 0) is 44.1 Å². The number of rotatable bonds is 5. The summed E-state index contributed by atoms with van der Waals surface area (Å²) in [5.41, 5.74) is 10.8. The summed E-state index contributed by atoms with van der Waals surface area (Å²) in [6, 6.07) is 0. The van der Waals surface area contributed by atoms with Crippen LogP contribution >= 0.6 is 0 Å². The first-order valence-electron chi connectivity index (χ1n) is 8.99.